The zero-order valence-corrected chi connectivity index (χ0v) is 13.5. The van der Waals surface area contributed by atoms with Crippen LogP contribution in [0.25, 0.3) is 11.0 Å². The summed E-state index contributed by atoms with van der Waals surface area (Å²) < 4.78 is 10.7. The average molecular weight is 323 g/mol. The van der Waals surface area contributed by atoms with Gasteiger partial charge in [-0.25, -0.2) is 4.79 Å². The summed E-state index contributed by atoms with van der Waals surface area (Å²) in [5, 5.41) is 3.41. The molecule has 1 amide bonds. The van der Waals surface area contributed by atoms with Crippen molar-refractivity contribution in [3.63, 3.8) is 0 Å². The van der Waals surface area contributed by atoms with E-state index in [9.17, 15) is 9.59 Å². The second-order valence-electron chi connectivity index (χ2n) is 5.37. The van der Waals surface area contributed by atoms with E-state index in [4.69, 9.17) is 9.15 Å². The van der Waals surface area contributed by atoms with Gasteiger partial charge < -0.3 is 14.5 Å². The van der Waals surface area contributed by atoms with Gasteiger partial charge in [0.25, 0.3) is 5.91 Å². The van der Waals surface area contributed by atoms with Crippen LogP contribution >= 0.6 is 0 Å². The van der Waals surface area contributed by atoms with E-state index in [2.05, 4.69) is 5.32 Å². The molecule has 3 aromatic rings. The lowest BCUT2D eigenvalue weighted by Gasteiger charge is -2.11. The SMILES string of the molecule is CCOc1ccccc1NC(=O)c1cc2cc(C)ccc2oc1=O. The number of rotatable bonds is 4. The number of benzene rings is 2. The predicted molar refractivity (Wildman–Crippen MR) is 92.8 cm³/mol. The molecule has 3 rings (SSSR count). The Morgan fingerprint density at radius 3 is 2.75 bits per heavy atom. The molecule has 0 unspecified atom stereocenters. The molecule has 2 aromatic carbocycles. The number of para-hydroxylation sites is 2. The molecular weight excluding hydrogens is 306 g/mol. The van der Waals surface area contributed by atoms with Crippen LogP contribution in [0.1, 0.15) is 22.8 Å². The second-order valence-corrected chi connectivity index (χ2v) is 5.37. The van der Waals surface area contributed by atoms with Gasteiger partial charge in [0.15, 0.2) is 0 Å². The standard InChI is InChI=1S/C19H17NO4/c1-3-23-17-7-5-4-6-15(17)20-18(21)14-11-13-10-12(2)8-9-16(13)24-19(14)22/h4-11H,3H2,1-2H3,(H,20,21). The molecular formula is C19H17NO4. The molecule has 5 nitrogen and oxygen atoms in total. The fraction of sp³-hybridized carbons (Fsp3) is 0.158. The van der Waals surface area contributed by atoms with Crippen LogP contribution in [0.5, 0.6) is 5.75 Å². The number of hydrogen-bond donors (Lipinski definition) is 1. The van der Waals surface area contributed by atoms with Gasteiger partial charge in [0, 0.05) is 5.39 Å². The number of carbonyl (C=O) groups is 1. The van der Waals surface area contributed by atoms with Gasteiger partial charge in [-0.15, -0.1) is 0 Å². The second kappa shape index (κ2) is 6.58. The first-order valence-electron chi connectivity index (χ1n) is 7.66. The van der Waals surface area contributed by atoms with Crippen molar-refractivity contribution in [3.8, 4) is 5.75 Å². The Hall–Kier alpha value is -3.08. The minimum Gasteiger partial charge on any atom is -0.492 e. The smallest absolute Gasteiger partial charge is 0.349 e. The molecule has 24 heavy (non-hydrogen) atoms. The zero-order valence-electron chi connectivity index (χ0n) is 13.5. The molecule has 0 saturated heterocycles. The van der Waals surface area contributed by atoms with Gasteiger partial charge in [-0.05, 0) is 44.2 Å². The van der Waals surface area contributed by atoms with Crippen LogP contribution in [0.3, 0.4) is 0 Å². The minimum absolute atomic E-state index is 0.0422. The highest BCUT2D eigenvalue weighted by Gasteiger charge is 2.15. The highest BCUT2D eigenvalue weighted by atomic mass is 16.5. The summed E-state index contributed by atoms with van der Waals surface area (Å²) in [6.45, 7) is 4.27. The van der Waals surface area contributed by atoms with E-state index in [1.165, 1.54) is 0 Å². The fourth-order valence-electron chi connectivity index (χ4n) is 2.44. The van der Waals surface area contributed by atoms with Crippen LogP contribution in [0, 0.1) is 6.92 Å². The summed E-state index contributed by atoms with van der Waals surface area (Å²) >= 11 is 0. The highest BCUT2D eigenvalue weighted by molar-refractivity contribution is 6.06. The van der Waals surface area contributed by atoms with Crippen LogP contribution in [-0.4, -0.2) is 12.5 Å². The Morgan fingerprint density at radius 2 is 1.96 bits per heavy atom. The van der Waals surface area contributed by atoms with Gasteiger partial charge in [-0.1, -0.05) is 23.8 Å². The summed E-state index contributed by atoms with van der Waals surface area (Å²) in [5.74, 6) is 0.0219. The number of hydrogen-bond acceptors (Lipinski definition) is 4. The Balaban J connectivity index is 1.97. The van der Waals surface area contributed by atoms with E-state index < -0.39 is 11.5 Å². The summed E-state index contributed by atoms with van der Waals surface area (Å²) in [4.78, 5) is 24.6. The van der Waals surface area contributed by atoms with E-state index in [0.29, 0.717) is 29.0 Å². The van der Waals surface area contributed by atoms with Crippen molar-refractivity contribution in [1.82, 2.24) is 0 Å². The van der Waals surface area contributed by atoms with Gasteiger partial charge in [0.05, 0.1) is 12.3 Å². The largest absolute Gasteiger partial charge is 0.492 e. The van der Waals surface area contributed by atoms with Crippen molar-refractivity contribution >= 4 is 22.6 Å². The van der Waals surface area contributed by atoms with Crippen molar-refractivity contribution in [1.29, 1.82) is 0 Å². The van der Waals surface area contributed by atoms with Crippen molar-refractivity contribution < 1.29 is 13.9 Å². The summed E-state index contributed by atoms with van der Waals surface area (Å²) in [6, 6.07) is 14.1. The van der Waals surface area contributed by atoms with Gasteiger partial charge in [-0.2, -0.15) is 0 Å². The van der Waals surface area contributed by atoms with Crippen molar-refractivity contribution in [2.24, 2.45) is 0 Å². The Labute approximate surface area is 138 Å². The fourth-order valence-corrected chi connectivity index (χ4v) is 2.44. The normalized spacial score (nSPS) is 10.6. The van der Waals surface area contributed by atoms with Crippen LogP contribution in [0.4, 0.5) is 5.69 Å². The third-order valence-corrected chi connectivity index (χ3v) is 3.57. The summed E-state index contributed by atoms with van der Waals surface area (Å²) in [6.07, 6.45) is 0. The van der Waals surface area contributed by atoms with Crippen LogP contribution in [-0.2, 0) is 0 Å². The number of amides is 1. The number of fused-ring (bicyclic) bond motifs is 1. The number of aryl methyl sites for hydroxylation is 1. The molecule has 0 atom stereocenters. The first-order chi connectivity index (χ1) is 11.6. The van der Waals surface area contributed by atoms with Gasteiger partial charge >= 0.3 is 5.63 Å². The first kappa shape index (κ1) is 15.8. The monoisotopic (exact) mass is 323 g/mol. The lowest BCUT2D eigenvalue weighted by atomic mass is 10.1. The predicted octanol–water partition coefficient (Wildman–Crippen LogP) is 3.75. The maximum absolute atomic E-state index is 12.5. The molecule has 0 aliphatic rings. The van der Waals surface area contributed by atoms with Crippen LogP contribution < -0.4 is 15.7 Å². The number of anilines is 1. The third kappa shape index (κ3) is 3.15. The molecule has 0 spiro atoms. The molecule has 1 aromatic heterocycles. The Kier molecular flexibility index (Phi) is 4.33. The van der Waals surface area contributed by atoms with E-state index in [0.717, 1.165) is 5.56 Å². The molecule has 122 valence electrons. The van der Waals surface area contributed by atoms with Crippen LogP contribution in [0.2, 0.25) is 0 Å². The number of carbonyl (C=O) groups excluding carboxylic acids is 1. The van der Waals surface area contributed by atoms with Gasteiger partial charge in [-0.3, -0.25) is 4.79 Å². The zero-order chi connectivity index (χ0) is 17.1. The summed E-state index contributed by atoms with van der Waals surface area (Å²) in [7, 11) is 0. The van der Waals surface area contributed by atoms with Crippen molar-refractivity contribution in [2.45, 2.75) is 13.8 Å². The minimum atomic E-state index is -0.669. The molecule has 0 aliphatic heterocycles. The molecule has 0 radical (unpaired) electrons. The maximum atomic E-state index is 12.5. The molecule has 0 aliphatic carbocycles. The topological polar surface area (TPSA) is 68.5 Å². The van der Waals surface area contributed by atoms with Crippen LogP contribution in [0.15, 0.2) is 57.7 Å². The highest BCUT2D eigenvalue weighted by Crippen LogP contribution is 2.24. The Morgan fingerprint density at radius 1 is 1.17 bits per heavy atom. The van der Waals surface area contributed by atoms with Gasteiger partial charge in [0.2, 0.25) is 0 Å². The third-order valence-electron chi connectivity index (χ3n) is 3.57. The molecule has 0 saturated carbocycles. The Bertz CT molecular complexity index is 959. The van der Waals surface area contributed by atoms with E-state index in [1.54, 1.807) is 30.3 Å². The van der Waals surface area contributed by atoms with Crippen molar-refractivity contribution in [2.75, 3.05) is 11.9 Å². The van der Waals surface area contributed by atoms with E-state index in [-0.39, 0.29) is 5.56 Å². The maximum Gasteiger partial charge on any atom is 0.349 e. The lowest BCUT2D eigenvalue weighted by Crippen LogP contribution is -2.21. The lowest BCUT2D eigenvalue weighted by molar-refractivity contribution is 0.102. The number of nitrogens with one attached hydrogen (secondary N) is 1. The first-order valence-corrected chi connectivity index (χ1v) is 7.66. The molecule has 1 heterocycles. The average Bonchev–Trinajstić information content (AvgIpc) is 2.56. The van der Waals surface area contributed by atoms with Crippen molar-refractivity contribution in [3.05, 3.63) is 70.1 Å². The quantitative estimate of drug-likeness (QED) is 0.742. The van der Waals surface area contributed by atoms with E-state index in [1.807, 2.05) is 32.0 Å². The molecule has 0 bridgehead atoms. The van der Waals surface area contributed by atoms with Gasteiger partial charge in [0.1, 0.15) is 16.9 Å². The van der Waals surface area contributed by atoms with E-state index >= 15 is 0 Å². The molecule has 1 N–H and O–H groups in total. The molecule has 0 fully saturated rings. The molecule has 5 heteroatoms. The summed E-state index contributed by atoms with van der Waals surface area (Å²) in [5.41, 5.74) is 1.27. The number of ether oxygens (including phenoxy) is 1.